The third-order valence-electron chi connectivity index (χ3n) is 4.79. The highest BCUT2D eigenvalue weighted by molar-refractivity contribution is 7.09. The summed E-state index contributed by atoms with van der Waals surface area (Å²) < 4.78 is 7.45. The monoisotopic (exact) mass is 411 g/mol. The number of carbonyl (C=O) groups excluding carboxylic acids is 1. The first-order chi connectivity index (χ1) is 13.9. The van der Waals surface area contributed by atoms with Gasteiger partial charge in [0.1, 0.15) is 17.8 Å². The third-order valence-corrected chi connectivity index (χ3v) is 5.73. The van der Waals surface area contributed by atoms with Crippen molar-refractivity contribution in [3.63, 3.8) is 0 Å². The predicted molar refractivity (Wildman–Crippen MR) is 113 cm³/mol. The molecule has 7 nitrogen and oxygen atoms in total. The van der Waals surface area contributed by atoms with Crippen LogP contribution in [0.1, 0.15) is 43.5 Å². The average Bonchev–Trinajstić information content (AvgIpc) is 3.37. The van der Waals surface area contributed by atoms with Gasteiger partial charge in [0.25, 0.3) is 0 Å². The van der Waals surface area contributed by atoms with Gasteiger partial charge >= 0.3 is 6.09 Å². The van der Waals surface area contributed by atoms with Gasteiger partial charge in [-0.15, -0.1) is 21.5 Å². The molecule has 0 saturated heterocycles. The van der Waals surface area contributed by atoms with Crippen molar-refractivity contribution in [2.45, 2.75) is 45.6 Å². The minimum absolute atomic E-state index is 0.275. The van der Waals surface area contributed by atoms with Crippen LogP contribution in [0.3, 0.4) is 0 Å². The Balaban J connectivity index is 1.51. The first kappa shape index (κ1) is 19.6. The second kappa shape index (κ2) is 7.94. The molecule has 3 aromatic heterocycles. The zero-order valence-corrected chi connectivity index (χ0v) is 17.8. The van der Waals surface area contributed by atoms with Crippen LogP contribution in [0.2, 0.25) is 0 Å². The van der Waals surface area contributed by atoms with E-state index < -0.39 is 5.60 Å². The summed E-state index contributed by atoms with van der Waals surface area (Å²) in [5, 5.41) is 10.5. The molecule has 3 aromatic rings. The summed E-state index contributed by atoms with van der Waals surface area (Å²) in [5.41, 5.74) is 2.45. The molecule has 152 valence electrons. The first-order valence-corrected chi connectivity index (χ1v) is 10.7. The van der Waals surface area contributed by atoms with Crippen LogP contribution in [0.25, 0.3) is 11.2 Å². The number of thiophene rings is 1. The molecule has 29 heavy (non-hydrogen) atoms. The van der Waals surface area contributed by atoms with E-state index in [9.17, 15) is 4.79 Å². The van der Waals surface area contributed by atoms with Crippen LogP contribution >= 0.6 is 11.3 Å². The number of ether oxygens (including phenoxy) is 1. The van der Waals surface area contributed by atoms with Crippen LogP contribution < -0.4 is 0 Å². The number of hydrogen-bond acceptors (Lipinski definition) is 6. The summed E-state index contributed by atoms with van der Waals surface area (Å²) in [6.45, 7) is 6.77. The van der Waals surface area contributed by atoms with Gasteiger partial charge in [-0.2, -0.15) is 0 Å². The van der Waals surface area contributed by atoms with E-state index >= 15 is 0 Å². The van der Waals surface area contributed by atoms with Gasteiger partial charge in [0, 0.05) is 36.1 Å². The molecular weight excluding hydrogens is 386 g/mol. The van der Waals surface area contributed by atoms with Gasteiger partial charge in [-0.3, -0.25) is 4.40 Å². The lowest BCUT2D eigenvalue weighted by molar-refractivity contribution is 0.0270. The SMILES string of the molecule is CC(C)(C)OC(=O)N1CC=C(c2cnc(CCc3cccs3)n3cnnc23)CC1. The van der Waals surface area contributed by atoms with Gasteiger partial charge in [0.2, 0.25) is 0 Å². The number of fused-ring (bicyclic) bond motifs is 1. The van der Waals surface area contributed by atoms with E-state index in [1.165, 1.54) is 4.88 Å². The largest absolute Gasteiger partial charge is 0.444 e. The van der Waals surface area contributed by atoms with Gasteiger partial charge in [0.05, 0.1) is 0 Å². The van der Waals surface area contributed by atoms with Crippen molar-refractivity contribution in [1.29, 1.82) is 0 Å². The third kappa shape index (κ3) is 4.48. The van der Waals surface area contributed by atoms with E-state index in [4.69, 9.17) is 9.72 Å². The van der Waals surface area contributed by atoms with Gasteiger partial charge in [0.15, 0.2) is 5.65 Å². The van der Waals surface area contributed by atoms with Crippen LogP contribution in [0, 0.1) is 0 Å². The molecule has 0 bridgehead atoms. The Morgan fingerprint density at radius 1 is 1.31 bits per heavy atom. The zero-order chi connectivity index (χ0) is 20.4. The number of nitrogens with zero attached hydrogens (tertiary/aromatic N) is 5. The van der Waals surface area contributed by atoms with Crippen molar-refractivity contribution < 1.29 is 9.53 Å². The first-order valence-electron chi connectivity index (χ1n) is 9.78. The molecule has 0 aromatic carbocycles. The number of carbonyl (C=O) groups is 1. The second-order valence-electron chi connectivity index (χ2n) is 8.10. The maximum Gasteiger partial charge on any atom is 0.410 e. The van der Waals surface area contributed by atoms with E-state index in [0.29, 0.717) is 13.1 Å². The summed E-state index contributed by atoms with van der Waals surface area (Å²) >= 11 is 1.76. The summed E-state index contributed by atoms with van der Waals surface area (Å²) in [5.74, 6) is 0.953. The van der Waals surface area contributed by atoms with Crippen molar-refractivity contribution in [3.05, 3.63) is 52.4 Å². The van der Waals surface area contributed by atoms with Crippen LogP contribution in [0.5, 0.6) is 0 Å². The molecule has 0 aliphatic carbocycles. The summed E-state index contributed by atoms with van der Waals surface area (Å²) in [6.07, 6.45) is 7.92. The molecule has 1 aliphatic heterocycles. The molecule has 1 amide bonds. The molecule has 0 unspecified atom stereocenters. The minimum atomic E-state index is -0.488. The van der Waals surface area contributed by atoms with Gasteiger partial charge in [-0.1, -0.05) is 12.1 Å². The molecule has 1 aliphatic rings. The lowest BCUT2D eigenvalue weighted by Gasteiger charge is -2.29. The van der Waals surface area contributed by atoms with E-state index in [2.05, 4.69) is 33.8 Å². The van der Waals surface area contributed by atoms with Gasteiger partial charge < -0.3 is 9.64 Å². The highest BCUT2D eigenvalue weighted by atomic mass is 32.1. The van der Waals surface area contributed by atoms with Crippen molar-refractivity contribution in [3.8, 4) is 0 Å². The van der Waals surface area contributed by atoms with Crippen molar-refractivity contribution >= 4 is 28.7 Å². The van der Waals surface area contributed by atoms with Crippen LogP contribution in [0.15, 0.2) is 36.1 Å². The maximum absolute atomic E-state index is 12.3. The fourth-order valence-electron chi connectivity index (χ4n) is 3.37. The Morgan fingerprint density at radius 2 is 2.17 bits per heavy atom. The Labute approximate surface area is 174 Å². The summed E-state index contributed by atoms with van der Waals surface area (Å²) in [4.78, 5) is 20.0. The number of aryl methyl sites for hydroxylation is 2. The second-order valence-corrected chi connectivity index (χ2v) is 9.13. The normalized spacial score (nSPS) is 14.9. The van der Waals surface area contributed by atoms with Gasteiger partial charge in [-0.05, 0) is 50.6 Å². The number of amides is 1. The lowest BCUT2D eigenvalue weighted by Crippen LogP contribution is -2.39. The van der Waals surface area contributed by atoms with E-state index in [0.717, 1.165) is 41.9 Å². The maximum atomic E-state index is 12.3. The topological polar surface area (TPSA) is 72.6 Å². The molecule has 4 heterocycles. The molecule has 8 heteroatoms. The molecule has 0 N–H and O–H groups in total. The lowest BCUT2D eigenvalue weighted by atomic mass is 10.0. The molecular formula is C21H25N5O2S. The van der Waals surface area contributed by atoms with E-state index in [-0.39, 0.29) is 6.09 Å². The Bertz CT molecular complexity index is 1030. The fraction of sp³-hybridized carbons (Fsp3) is 0.429. The van der Waals surface area contributed by atoms with Crippen LogP contribution in [0.4, 0.5) is 4.79 Å². The van der Waals surface area contributed by atoms with Crippen LogP contribution in [-0.2, 0) is 17.6 Å². The molecule has 0 atom stereocenters. The Morgan fingerprint density at radius 3 is 2.86 bits per heavy atom. The molecule has 0 saturated carbocycles. The summed E-state index contributed by atoms with van der Waals surface area (Å²) in [6, 6.07) is 4.21. The standard InChI is InChI=1S/C21H25N5O2S/c1-21(2,3)28-20(27)25-10-8-15(9-11-25)17-13-22-18(26-14-23-24-19(17)26)7-6-16-5-4-12-29-16/h4-5,8,12-14H,6-7,9-11H2,1-3H3. The number of aromatic nitrogens is 4. The Hall–Kier alpha value is -2.74. The Kier molecular flexibility index (Phi) is 5.36. The summed E-state index contributed by atoms with van der Waals surface area (Å²) in [7, 11) is 0. The molecule has 4 rings (SSSR count). The molecule has 0 spiro atoms. The van der Waals surface area contributed by atoms with E-state index in [1.54, 1.807) is 22.6 Å². The predicted octanol–water partition coefficient (Wildman–Crippen LogP) is 4.00. The van der Waals surface area contributed by atoms with Crippen LogP contribution in [-0.4, -0.2) is 49.3 Å². The highest BCUT2D eigenvalue weighted by Crippen LogP contribution is 2.26. The van der Waals surface area contributed by atoms with Gasteiger partial charge in [-0.25, -0.2) is 9.78 Å². The average molecular weight is 412 g/mol. The zero-order valence-electron chi connectivity index (χ0n) is 17.0. The number of rotatable bonds is 4. The fourth-order valence-corrected chi connectivity index (χ4v) is 4.08. The van der Waals surface area contributed by atoms with Crippen molar-refractivity contribution in [1.82, 2.24) is 24.5 Å². The molecule has 0 fully saturated rings. The number of hydrogen-bond donors (Lipinski definition) is 0. The van der Waals surface area contributed by atoms with Crippen molar-refractivity contribution in [2.24, 2.45) is 0 Å². The molecule has 0 radical (unpaired) electrons. The highest BCUT2D eigenvalue weighted by Gasteiger charge is 2.25. The van der Waals surface area contributed by atoms with E-state index in [1.807, 2.05) is 31.4 Å². The van der Waals surface area contributed by atoms with Crippen molar-refractivity contribution in [2.75, 3.05) is 13.1 Å². The minimum Gasteiger partial charge on any atom is -0.444 e. The quantitative estimate of drug-likeness (QED) is 0.649. The smallest absolute Gasteiger partial charge is 0.410 e.